The lowest BCUT2D eigenvalue weighted by Gasteiger charge is -2.51. The minimum atomic E-state index is -5.27. The fourth-order valence-electron chi connectivity index (χ4n) is 5.08. The summed E-state index contributed by atoms with van der Waals surface area (Å²) in [5, 5.41) is 17.6. The number of nitrogens with zero attached hydrogens (tertiary/aromatic N) is 5. The van der Waals surface area contributed by atoms with Crippen LogP contribution in [-0.4, -0.2) is 99.8 Å². The zero-order chi connectivity index (χ0) is 35.5. The highest BCUT2D eigenvalue weighted by Crippen LogP contribution is 2.33. The molecule has 2 atom stereocenters. The molecule has 0 spiro atoms. The first-order valence-corrected chi connectivity index (χ1v) is 17.0. The zero-order valence-corrected chi connectivity index (χ0v) is 27.9. The number of nitrogens with two attached hydrogens (primary N) is 2. The number of carboxylic acid groups (broad SMARTS) is 1. The van der Waals surface area contributed by atoms with Crippen LogP contribution in [0.3, 0.4) is 0 Å². The number of hydrogen-bond acceptors (Lipinski definition) is 15. The fraction of sp³-hybridized carbons (Fsp3) is 0.429. The van der Waals surface area contributed by atoms with E-state index in [1.165, 1.54) is 19.2 Å². The number of benzene rings is 1. The number of nitrogens with one attached hydrogen (secondary N) is 1. The normalized spacial score (nSPS) is 19.2. The molecule has 6 N–H and O–H groups in total. The highest BCUT2D eigenvalue weighted by Gasteiger charge is 2.57. The molecule has 0 radical (unpaired) electrons. The summed E-state index contributed by atoms with van der Waals surface area (Å²) in [4.78, 5) is 46.9. The number of fused-ring (bicyclic) bond motifs is 1. The number of ether oxygens (including phenoxy) is 2. The van der Waals surface area contributed by atoms with Crippen LogP contribution in [0.4, 0.5) is 5.13 Å². The number of aromatic nitrogens is 3. The molecule has 2 aromatic heterocycles. The Kier molecular flexibility index (Phi) is 10.5. The van der Waals surface area contributed by atoms with E-state index in [0.29, 0.717) is 24.0 Å². The van der Waals surface area contributed by atoms with Crippen LogP contribution in [0.5, 0.6) is 5.75 Å². The molecule has 2 aliphatic heterocycles. The molecular weight excluding hydrogens is 688 g/mol. The molecule has 0 bridgehead atoms. The van der Waals surface area contributed by atoms with Gasteiger partial charge in [0.1, 0.15) is 36.7 Å². The highest BCUT2D eigenvalue weighted by molar-refractivity contribution is 7.80. The summed E-state index contributed by atoms with van der Waals surface area (Å²) in [5.41, 5.74) is 11.0. The summed E-state index contributed by atoms with van der Waals surface area (Å²) >= 11 is 0.954. The van der Waals surface area contributed by atoms with E-state index in [-0.39, 0.29) is 16.9 Å². The summed E-state index contributed by atoms with van der Waals surface area (Å²) in [6.07, 6.45) is 3.25. The van der Waals surface area contributed by atoms with Gasteiger partial charge in [0.25, 0.3) is 17.9 Å². The predicted octanol–water partition coefficient (Wildman–Crippen LogP) is -1.02. The Morgan fingerprint density at radius 2 is 2.02 bits per heavy atom. The first-order valence-electron chi connectivity index (χ1n) is 14.8. The summed E-state index contributed by atoms with van der Waals surface area (Å²) in [7, 11) is -5.27. The molecule has 49 heavy (non-hydrogen) atoms. The SMILES string of the molecule is CC1(C)[C@H](NC(=O)/C(=N\OC(COc2ccc(-c3cn4[n+](c3)CC(OCCCN)C4)cc2)C(=O)O)c2csc(N)n2)C(=O)N1OS(=O)(=O)[O-]. The molecule has 2 aliphatic rings. The highest BCUT2D eigenvalue weighted by atomic mass is 32.3. The lowest BCUT2D eigenvalue weighted by atomic mass is 9.84. The fourth-order valence-corrected chi connectivity index (χ4v) is 6.07. The van der Waals surface area contributed by atoms with Gasteiger partial charge in [-0.15, -0.1) is 16.0 Å². The van der Waals surface area contributed by atoms with Crippen molar-refractivity contribution in [3.8, 4) is 16.9 Å². The van der Waals surface area contributed by atoms with Crippen LogP contribution in [0, 0.1) is 0 Å². The van der Waals surface area contributed by atoms with Crippen LogP contribution in [0.25, 0.3) is 11.1 Å². The van der Waals surface area contributed by atoms with Crippen LogP contribution in [-0.2, 0) is 51.7 Å². The molecule has 2 amide bonds. The number of hydrogen-bond donors (Lipinski definition) is 4. The van der Waals surface area contributed by atoms with Crippen LogP contribution in [0.1, 0.15) is 26.0 Å². The van der Waals surface area contributed by atoms with E-state index in [1.807, 2.05) is 24.5 Å². The van der Waals surface area contributed by atoms with Crippen molar-refractivity contribution in [3.63, 3.8) is 0 Å². The largest absolute Gasteiger partial charge is 0.724 e. The van der Waals surface area contributed by atoms with E-state index in [4.69, 9.17) is 25.8 Å². The van der Waals surface area contributed by atoms with Gasteiger partial charge in [-0.05, 0) is 44.5 Å². The van der Waals surface area contributed by atoms with Crippen molar-refractivity contribution in [1.82, 2.24) is 20.0 Å². The molecule has 4 heterocycles. The van der Waals surface area contributed by atoms with E-state index in [9.17, 15) is 32.5 Å². The summed E-state index contributed by atoms with van der Waals surface area (Å²) in [6, 6.07) is 5.63. The molecular formula is C28H34N8O11S2. The number of thiazole rings is 1. The molecule has 0 saturated carbocycles. The zero-order valence-electron chi connectivity index (χ0n) is 26.3. The van der Waals surface area contributed by atoms with Gasteiger partial charge < -0.3 is 40.8 Å². The first-order chi connectivity index (χ1) is 23.2. The third-order valence-electron chi connectivity index (χ3n) is 7.62. The average molecular weight is 723 g/mol. The minimum Gasteiger partial charge on any atom is -0.724 e. The van der Waals surface area contributed by atoms with Gasteiger partial charge in [0.15, 0.2) is 17.4 Å². The van der Waals surface area contributed by atoms with Crippen molar-refractivity contribution >= 4 is 50.4 Å². The molecule has 21 heteroatoms. The number of anilines is 1. The maximum absolute atomic E-state index is 13.2. The van der Waals surface area contributed by atoms with Crippen molar-refractivity contribution in [2.24, 2.45) is 10.9 Å². The van der Waals surface area contributed by atoms with Crippen LogP contribution < -0.4 is 26.2 Å². The Labute approximate surface area is 283 Å². The van der Waals surface area contributed by atoms with Crippen LogP contribution >= 0.6 is 11.3 Å². The maximum atomic E-state index is 13.2. The molecule has 264 valence electrons. The van der Waals surface area contributed by atoms with Gasteiger partial charge in [0, 0.05) is 12.0 Å². The average Bonchev–Trinajstić information content (AvgIpc) is 3.75. The summed E-state index contributed by atoms with van der Waals surface area (Å²) in [5.74, 6) is -3.17. The van der Waals surface area contributed by atoms with Gasteiger partial charge in [-0.2, -0.15) is 14.0 Å². The number of rotatable bonds is 16. The van der Waals surface area contributed by atoms with Gasteiger partial charge in [0.05, 0.1) is 17.3 Å². The summed E-state index contributed by atoms with van der Waals surface area (Å²) < 4.78 is 52.8. The third-order valence-corrected chi connectivity index (χ3v) is 8.63. The lowest BCUT2D eigenvalue weighted by Crippen LogP contribution is -2.76. The number of amides is 2. The first kappa shape index (κ1) is 35.6. The smallest absolute Gasteiger partial charge is 0.351 e. The maximum Gasteiger partial charge on any atom is 0.351 e. The quantitative estimate of drug-likeness (QED) is 0.0262. The van der Waals surface area contributed by atoms with Crippen molar-refractivity contribution in [1.29, 1.82) is 0 Å². The summed E-state index contributed by atoms with van der Waals surface area (Å²) in [6.45, 7) is 4.83. The Hall–Kier alpha value is -4.67. The predicted molar refractivity (Wildman–Crippen MR) is 168 cm³/mol. The monoisotopic (exact) mass is 722 g/mol. The van der Waals surface area contributed by atoms with Crippen molar-refractivity contribution in [2.75, 3.05) is 25.5 Å². The van der Waals surface area contributed by atoms with Crippen molar-refractivity contribution in [2.45, 2.75) is 57.1 Å². The molecule has 19 nitrogen and oxygen atoms in total. The Morgan fingerprint density at radius 1 is 1.29 bits per heavy atom. The molecule has 0 aliphatic carbocycles. The van der Waals surface area contributed by atoms with E-state index < -0.39 is 58.2 Å². The van der Waals surface area contributed by atoms with E-state index in [2.05, 4.69) is 29.1 Å². The Balaban J connectivity index is 1.21. The van der Waals surface area contributed by atoms with E-state index in [0.717, 1.165) is 42.0 Å². The number of carbonyl (C=O) groups excluding carboxylic acids is 2. The number of oxime groups is 1. The number of hydroxylamine groups is 2. The molecule has 5 rings (SSSR count). The van der Waals surface area contributed by atoms with Crippen molar-refractivity contribution < 1.29 is 55.7 Å². The van der Waals surface area contributed by atoms with E-state index in [1.54, 1.807) is 12.1 Å². The Bertz CT molecular complexity index is 1820. The lowest BCUT2D eigenvalue weighted by molar-refractivity contribution is -0.760. The number of carboxylic acids is 1. The molecule has 1 fully saturated rings. The number of carbonyl (C=O) groups is 3. The van der Waals surface area contributed by atoms with Gasteiger partial charge in [-0.3, -0.25) is 9.59 Å². The number of nitrogen functional groups attached to an aromatic ring is 1. The van der Waals surface area contributed by atoms with Crippen LogP contribution in [0.2, 0.25) is 0 Å². The minimum absolute atomic E-state index is 0.0532. The van der Waals surface area contributed by atoms with Crippen molar-refractivity contribution in [3.05, 3.63) is 47.7 Å². The molecule has 3 aromatic rings. The van der Waals surface area contributed by atoms with E-state index >= 15 is 0 Å². The van der Waals surface area contributed by atoms with Crippen LogP contribution in [0.15, 0.2) is 47.2 Å². The topological polar surface area (TPSA) is 267 Å². The Morgan fingerprint density at radius 3 is 2.61 bits per heavy atom. The van der Waals surface area contributed by atoms with Gasteiger partial charge in [-0.1, -0.05) is 17.3 Å². The second-order valence-corrected chi connectivity index (χ2v) is 13.4. The van der Waals surface area contributed by atoms with Gasteiger partial charge >= 0.3 is 5.97 Å². The standard InChI is InChI=1S/C28H34N8O11S2/c1-28(2)23(25(38)36(28)47-49(41,42)43)32-24(37)22(20-15-48-27(30)31-20)33-46-21(26(39)40)14-45-18-6-4-16(5-7-18)17-10-34-12-19(13-35(34)11-17)44-9-3-8-29/h4-7,10-11,15,19,21,23H,3,8-9,12-14,29H2,1-2H3,(H4-,30,31,32,37,39,40,41,42,43)/b33-22-/t21?,23-/m1/s1. The molecule has 1 unspecified atom stereocenters. The number of β-lactam (4-membered cyclic amide) rings is 1. The second-order valence-electron chi connectivity index (χ2n) is 11.5. The second kappa shape index (κ2) is 14.4. The number of aliphatic carboxylic acids is 1. The van der Waals surface area contributed by atoms with Gasteiger partial charge in [0.2, 0.25) is 16.6 Å². The molecule has 1 aromatic carbocycles. The third kappa shape index (κ3) is 8.32. The van der Waals surface area contributed by atoms with Gasteiger partial charge in [-0.25, -0.2) is 18.2 Å². The molecule has 1 saturated heterocycles.